The van der Waals surface area contributed by atoms with Crippen molar-refractivity contribution >= 4 is 17.3 Å². The van der Waals surface area contributed by atoms with E-state index in [0.717, 1.165) is 56.6 Å². The summed E-state index contributed by atoms with van der Waals surface area (Å²) in [6.45, 7) is 5.99. The van der Waals surface area contributed by atoms with Gasteiger partial charge in [-0.1, -0.05) is 0 Å². The van der Waals surface area contributed by atoms with Gasteiger partial charge in [-0.3, -0.25) is 0 Å². The summed E-state index contributed by atoms with van der Waals surface area (Å²) >= 11 is 0. The second-order valence-corrected chi connectivity index (χ2v) is 6.42. The topological polar surface area (TPSA) is 55.7 Å². The van der Waals surface area contributed by atoms with Crippen molar-refractivity contribution < 1.29 is 5.11 Å². The third-order valence-corrected chi connectivity index (χ3v) is 4.89. The van der Waals surface area contributed by atoms with E-state index in [9.17, 15) is 5.11 Å². The number of anilines is 3. The highest BCUT2D eigenvalue weighted by Crippen LogP contribution is 2.24. The van der Waals surface area contributed by atoms with Crippen LogP contribution in [0.3, 0.4) is 0 Å². The lowest BCUT2D eigenvalue weighted by Gasteiger charge is -2.36. The number of hydrogen-bond donors (Lipinski definition) is 1. The summed E-state index contributed by atoms with van der Waals surface area (Å²) in [4.78, 5) is 15.9. The molecule has 6 nitrogen and oxygen atoms in total. The molecule has 0 spiro atoms. The number of aromatic nitrogens is 2. The zero-order chi connectivity index (χ0) is 16.4. The average molecular weight is 325 g/mol. The van der Waals surface area contributed by atoms with Gasteiger partial charge in [0.25, 0.3) is 0 Å². The summed E-state index contributed by atoms with van der Waals surface area (Å²) in [6.07, 6.45) is 4.20. The molecule has 6 heteroatoms. The third kappa shape index (κ3) is 3.09. The first kappa shape index (κ1) is 15.1. The Morgan fingerprint density at radius 2 is 1.25 bits per heavy atom. The summed E-state index contributed by atoms with van der Waals surface area (Å²) in [5.41, 5.74) is 1.16. The quantitative estimate of drug-likeness (QED) is 0.933. The van der Waals surface area contributed by atoms with Crippen molar-refractivity contribution in [3.05, 3.63) is 36.7 Å². The van der Waals surface area contributed by atoms with E-state index in [2.05, 4.69) is 30.7 Å². The Hall–Kier alpha value is -2.50. The summed E-state index contributed by atoms with van der Waals surface area (Å²) in [5, 5.41) is 9.42. The first-order valence-corrected chi connectivity index (χ1v) is 8.65. The Kier molecular flexibility index (Phi) is 4.11. The van der Waals surface area contributed by atoms with Gasteiger partial charge in [-0.15, -0.1) is 0 Å². The summed E-state index contributed by atoms with van der Waals surface area (Å²) in [7, 11) is 0. The molecule has 2 fully saturated rings. The fourth-order valence-electron chi connectivity index (χ4n) is 3.49. The van der Waals surface area contributed by atoms with Gasteiger partial charge in [-0.05, 0) is 37.1 Å². The predicted octanol–water partition coefficient (Wildman–Crippen LogP) is 2.11. The molecular weight excluding hydrogens is 302 g/mol. The lowest BCUT2D eigenvalue weighted by molar-refractivity contribution is 0.475. The van der Waals surface area contributed by atoms with Crippen LogP contribution < -0.4 is 14.7 Å². The molecule has 2 aliphatic rings. The molecule has 0 bridgehead atoms. The Bertz CT molecular complexity index is 676. The molecule has 4 rings (SSSR count). The zero-order valence-electron chi connectivity index (χ0n) is 13.8. The minimum atomic E-state index is 0.313. The molecular formula is C18H23N5O. The van der Waals surface area contributed by atoms with Gasteiger partial charge in [0.1, 0.15) is 23.7 Å². The molecule has 1 aromatic heterocycles. The van der Waals surface area contributed by atoms with Crippen molar-refractivity contribution in [2.45, 2.75) is 12.8 Å². The number of phenols is 1. The number of piperazine rings is 1. The molecule has 0 unspecified atom stereocenters. The molecule has 126 valence electrons. The molecule has 0 atom stereocenters. The maximum Gasteiger partial charge on any atom is 0.134 e. The molecule has 0 radical (unpaired) electrons. The maximum absolute atomic E-state index is 9.42. The van der Waals surface area contributed by atoms with Crippen molar-refractivity contribution in [1.82, 2.24) is 9.97 Å². The van der Waals surface area contributed by atoms with Gasteiger partial charge in [-0.25, -0.2) is 9.97 Å². The number of aromatic hydroxyl groups is 1. The van der Waals surface area contributed by atoms with Crippen LogP contribution in [0.1, 0.15) is 12.8 Å². The Morgan fingerprint density at radius 1 is 0.708 bits per heavy atom. The summed E-state index contributed by atoms with van der Waals surface area (Å²) < 4.78 is 0. The van der Waals surface area contributed by atoms with Crippen LogP contribution in [0, 0.1) is 0 Å². The van der Waals surface area contributed by atoms with Gasteiger partial charge in [-0.2, -0.15) is 0 Å². The third-order valence-electron chi connectivity index (χ3n) is 4.89. The Labute approximate surface area is 142 Å². The second kappa shape index (κ2) is 6.55. The smallest absolute Gasteiger partial charge is 0.134 e. The number of hydrogen-bond acceptors (Lipinski definition) is 6. The van der Waals surface area contributed by atoms with E-state index in [1.165, 1.54) is 12.8 Å². The minimum Gasteiger partial charge on any atom is -0.508 e. The SMILES string of the molecule is Oc1ccc(N2CCN(c3cc(N4CCCC4)ncn3)CC2)cc1. The van der Waals surface area contributed by atoms with E-state index in [-0.39, 0.29) is 0 Å². The minimum absolute atomic E-state index is 0.313. The molecule has 0 saturated carbocycles. The fraction of sp³-hybridized carbons (Fsp3) is 0.444. The Morgan fingerprint density at radius 3 is 1.88 bits per heavy atom. The van der Waals surface area contributed by atoms with Crippen LogP contribution in [0.25, 0.3) is 0 Å². The van der Waals surface area contributed by atoms with Gasteiger partial charge < -0.3 is 19.8 Å². The first-order valence-electron chi connectivity index (χ1n) is 8.65. The number of phenolic OH excluding ortho intramolecular Hbond substituents is 1. The molecule has 0 aliphatic carbocycles. The van der Waals surface area contributed by atoms with Gasteiger partial charge in [0, 0.05) is 51.0 Å². The summed E-state index contributed by atoms with van der Waals surface area (Å²) in [6, 6.07) is 9.56. The van der Waals surface area contributed by atoms with Crippen molar-refractivity contribution in [2.75, 3.05) is 54.0 Å². The van der Waals surface area contributed by atoms with Gasteiger partial charge in [0.05, 0.1) is 0 Å². The molecule has 1 N–H and O–H groups in total. The lowest BCUT2D eigenvalue weighted by Crippen LogP contribution is -2.46. The van der Waals surface area contributed by atoms with Gasteiger partial charge in [0.2, 0.25) is 0 Å². The number of benzene rings is 1. The predicted molar refractivity (Wildman–Crippen MR) is 96.0 cm³/mol. The molecule has 0 amide bonds. The average Bonchev–Trinajstić information content (AvgIpc) is 3.17. The van der Waals surface area contributed by atoms with E-state index in [1.807, 2.05) is 12.1 Å². The normalized spacial score (nSPS) is 18.2. The van der Waals surface area contributed by atoms with Crippen LogP contribution in [0.15, 0.2) is 36.7 Å². The fourth-order valence-corrected chi connectivity index (χ4v) is 3.49. The van der Waals surface area contributed by atoms with Crippen LogP contribution >= 0.6 is 0 Å². The molecule has 2 saturated heterocycles. The first-order chi connectivity index (χ1) is 11.8. The number of rotatable bonds is 3. The van der Waals surface area contributed by atoms with Crippen LogP contribution in [-0.2, 0) is 0 Å². The lowest BCUT2D eigenvalue weighted by atomic mass is 10.2. The van der Waals surface area contributed by atoms with Crippen molar-refractivity contribution in [3.8, 4) is 5.75 Å². The van der Waals surface area contributed by atoms with E-state index >= 15 is 0 Å². The molecule has 3 heterocycles. The largest absolute Gasteiger partial charge is 0.508 e. The van der Waals surface area contributed by atoms with Gasteiger partial charge in [0.15, 0.2) is 0 Å². The van der Waals surface area contributed by atoms with Gasteiger partial charge >= 0.3 is 0 Å². The summed E-state index contributed by atoms with van der Waals surface area (Å²) in [5.74, 6) is 2.39. The van der Waals surface area contributed by atoms with Crippen molar-refractivity contribution in [1.29, 1.82) is 0 Å². The van der Waals surface area contributed by atoms with E-state index in [4.69, 9.17) is 0 Å². The standard InChI is InChI=1S/C18H23N5O/c24-16-5-3-15(4-6-16)21-9-11-23(12-10-21)18-13-17(19-14-20-18)22-7-1-2-8-22/h3-6,13-14,24H,1-2,7-12H2. The highest BCUT2D eigenvalue weighted by Gasteiger charge is 2.20. The second-order valence-electron chi connectivity index (χ2n) is 6.42. The highest BCUT2D eigenvalue weighted by atomic mass is 16.3. The van der Waals surface area contributed by atoms with Crippen LogP contribution in [0.4, 0.5) is 17.3 Å². The number of nitrogens with zero attached hydrogens (tertiary/aromatic N) is 5. The molecule has 2 aliphatic heterocycles. The van der Waals surface area contributed by atoms with Crippen molar-refractivity contribution in [3.63, 3.8) is 0 Å². The van der Waals surface area contributed by atoms with Crippen LogP contribution in [0.2, 0.25) is 0 Å². The zero-order valence-corrected chi connectivity index (χ0v) is 13.8. The van der Waals surface area contributed by atoms with Crippen molar-refractivity contribution in [2.24, 2.45) is 0 Å². The van der Waals surface area contributed by atoms with Crippen LogP contribution in [0.5, 0.6) is 5.75 Å². The van der Waals surface area contributed by atoms with E-state index < -0.39 is 0 Å². The van der Waals surface area contributed by atoms with E-state index in [1.54, 1.807) is 18.5 Å². The highest BCUT2D eigenvalue weighted by molar-refractivity contribution is 5.54. The van der Waals surface area contributed by atoms with Crippen LogP contribution in [-0.4, -0.2) is 54.3 Å². The monoisotopic (exact) mass is 325 g/mol. The molecule has 24 heavy (non-hydrogen) atoms. The molecule has 1 aromatic carbocycles. The molecule has 2 aromatic rings. The van der Waals surface area contributed by atoms with E-state index in [0.29, 0.717) is 5.75 Å². The maximum atomic E-state index is 9.42. The Balaban J connectivity index is 1.42.